The molecular formula is C11H16O4. The van der Waals surface area contributed by atoms with Gasteiger partial charge in [-0.15, -0.1) is 0 Å². The molecule has 0 spiro atoms. The maximum atomic E-state index is 9.50. The first-order valence-corrected chi connectivity index (χ1v) is 4.67. The molecule has 0 aliphatic rings. The van der Waals surface area contributed by atoms with Crippen LogP contribution < -0.4 is 9.47 Å². The Labute approximate surface area is 89.1 Å². The van der Waals surface area contributed by atoms with Gasteiger partial charge in [-0.25, -0.2) is 0 Å². The third-order valence-electron chi connectivity index (χ3n) is 1.93. The minimum atomic E-state index is -1.22. The number of ether oxygens (including phenoxy) is 2. The molecule has 0 aliphatic carbocycles. The van der Waals surface area contributed by atoms with Gasteiger partial charge < -0.3 is 19.7 Å². The molecular weight excluding hydrogens is 196 g/mol. The second-order valence-electron chi connectivity index (χ2n) is 3.62. The maximum absolute atomic E-state index is 9.50. The molecule has 0 heterocycles. The molecule has 0 amide bonds. The number of aliphatic hydroxyl groups is 2. The Morgan fingerprint density at radius 2 is 2.00 bits per heavy atom. The van der Waals surface area contributed by atoms with Crippen molar-refractivity contribution in [1.82, 2.24) is 0 Å². The molecule has 0 bridgehead atoms. The summed E-state index contributed by atoms with van der Waals surface area (Å²) in [5.74, 6) is 1.29. The topological polar surface area (TPSA) is 58.9 Å². The van der Waals surface area contributed by atoms with Crippen LogP contribution in [0.4, 0.5) is 0 Å². The van der Waals surface area contributed by atoms with Gasteiger partial charge in [-0.2, -0.15) is 0 Å². The number of aliphatic hydroxyl groups excluding tert-OH is 1. The first kappa shape index (κ1) is 11.8. The monoisotopic (exact) mass is 212 g/mol. The maximum Gasteiger partial charge on any atom is 0.123 e. The second-order valence-corrected chi connectivity index (χ2v) is 3.62. The molecule has 4 nitrogen and oxygen atoms in total. The van der Waals surface area contributed by atoms with Gasteiger partial charge in [-0.05, 0) is 19.1 Å². The molecule has 0 aromatic heterocycles. The fourth-order valence-corrected chi connectivity index (χ4v) is 0.975. The van der Waals surface area contributed by atoms with Crippen molar-refractivity contribution in [2.75, 3.05) is 20.3 Å². The van der Waals surface area contributed by atoms with E-state index in [1.807, 2.05) is 0 Å². The van der Waals surface area contributed by atoms with E-state index in [1.165, 1.54) is 6.92 Å². The Hall–Kier alpha value is -1.26. The van der Waals surface area contributed by atoms with Crippen LogP contribution in [0.25, 0.3) is 0 Å². The van der Waals surface area contributed by atoms with E-state index in [4.69, 9.17) is 14.6 Å². The quantitative estimate of drug-likeness (QED) is 0.758. The van der Waals surface area contributed by atoms with Gasteiger partial charge in [-0.3, -0.25) is 0 Å². The van der Waals surface area contributed by atoms with Gasteiger partial charge in [0, 0.05) is 6.07 Å². The minimum absolute atomic E-state index is 0.0384. The molecule has 0 radical (unpaired) electrons. The molecule has 1 rings (SSSR count). The zero-order valence-electron chi connectivity index (χ0n) is 8.93. The lowest BCUT2D eigenvalue weighted by Gasteiger charge is -2.20. The highest BCUT2D eigenvalue weighted by Gasteiger charge is 2.19. The van der Waals surface area contributed by atoms with Crippen molar-refractivity contribution in [2.24, 2.45) is 0 Å². The highest BCUT2D eigenvalue weighted by atomic mass is 16.5. The summed E-state index contributed by atoms with van der Waals surface area (Å²) in [5.41, 5.74) is -1.22. The first-order chi connectivity index (χ1) is 7.07. The smallest absolute Gasteiger partial charge is 0.123 e. The van der Waals surface area contributed by atoms with Crippen molar-refractivity contribution in [3.63, 3.8) is 0 Å². The summed E-state index contributed by atoms with van der Waals surface area (Å²) in [7, 11) is 1.57. The average molecular weight is 212 g/mol. The van der Waals surface area contributed by atoms with Crippen molar-refractivity contribution in [3.05, 3.63) is 24.3 Å². The molecule has 15 heavy (non-hydrogen) atoms. The van der Waals surface area contributed by atoms with E-state index in [0.29, 0.717) is 11.5 Å². The van der Waals surface area contributed by atoms with Crippen molar-refractivity contribution in [3.8, 4) is 11.5 Å². The minimum Gasteiger partial charge on any atom is -0.497 e. The lowest BCUT2D eigenvalue weighted by atomic mass is 10.1. The molecule has 0 aliphatic heterocycles. The summed E-state index contributed by atoms with van der Waals surface area (Å²) in [6, 6.07) is 7.07. The molecule has 0 fully saturated rings. The number of benzene rings is 1. The van der Waals surface area contributed by atoms with Crippen LogP contribution in [-0.4, -0.2) is 36.1 Å². The van der Waals surface area contributed by atoms with Crippen LogP contribution in [0, 0.1) is 0 Å². The zero-order valence-corrected chi connectivity index (χ0v) is 8.93. The van der Waals surface area contributed by atoms with Gasteiger partial charge in [0.05, 0.1) is 13.7 Å². The fourth-order valence-electron chi connectivity index (χ4n) is 0.975. The van der Waals surface area contributed by atoms with E-state index in [2.05, 4.69) is 0 Å². The van der Waals surface area contributed by atoms with E-state index < -0.39 is 5.60 Å². The SMILES string of the molecule is COc1cccc(OCC(C)(O)CO)c1. The Balaban J connectivity index is 2.57. The molecule has 1 aromatic carbocycles. The van der Waals surface area contributed by atoms with Crippen molar-refractivity contribution in [1.29, 1.82) is 0 Å². The molecule has 4 heteroatoms. The fraction of sp³-hybridized carbons (Fsp3) is 0.455. The summed E-state index contributed by atoms with van der Waals surface area (Å²) in [5, 5.41) is 18.3. The van der Waals surface area contributed by atoms with Gasteiger partial charge in [0.15, 0.2) is 0 Å². The van der Waals surface area contributed by atoms with Crippen molar-refractivity contribution < 1.29 is 19.7 Å². The Morgan fingerprint density at radius 1 is 1.33 bits per heavy atom. The summed E-state index contributed by atoms with van der Waals surface area (Å²) >= 11 is 0. The molecule has 0 saturated heterocycles. The molecule has 84 valence electrons. The van der Waals surface area contributed by atoms with Crippen LogP contribution in [0.2, 0.25) is 0 Å². The number of hydrogen-bond acceptors (Lipinski definition) is 4. The van der Waals surface area contributed by atoms with E-state index in [1.54, 1.807) is 31.4 Å². The summed E-state index contributed by atoms with van der Waals surface area (Å²) in [4.78, 5) is 0. The van der Waals surface area contributed by atoms with E-state index in [0.717, 1.165) is 0 Å². The molecule has 1 aromatic rings. The standard InChI is InChI=1S/C11H16O4/c1-11(13,7-12)8-15-10-5-3-4-9(6-10)14-2/h3-6,12-13H,7-8H2,1-2H3. The summed E-state index contributed by atoms with van der Waals surface area (Å²) in [6.45, 7) is 1.21. The zero-order chi connectivity index (χ0) is 11.3. The van der Waals surface area contributed by atoms with Crippen LogP contribution in [0.1, 0.15) is 6.92 Å². The van der Waals surface area contributed by atoms with Gasteiger partial charge in [-0.1, -0.05) is 6.07 Å². The Kier molecular flexibility index (Phi) is 3.94. The lowest BCUT2D eigenvalue weighted by Crippen LogP contribution is -2.36. The van der Waals surface area contributed by atoms with Gasteiger partial charge >= 0.3 is 0 Å². The van der Waals surface area contributed by atoms with Crippen LogP contribution in [0.5, 0.6) is 11.5 Å². The van der Waals surface area contributed by atoms with E-state index >= 15 is 0 Å². The predicted octanol–water partition coefficient (Wildman–Crippen LogP) is 0.817. The van der Waals surface area contributed by atoms with Gasteiger partial charge in [0.1, 0.15) is 23.7 Å². The average Bonchev–Trinajstić information content (AvgIpc) is 2.27. The normalized spacial score (nSPS) is 14.4. The third kappa shape index (κ3) is 3.77. The van der Waals surface area contributed by atoms with Crippen LogP contribution in [-0.2, 0) is 0 Å². The van der Waals surface area contributed by atoms with Crippen LogP contribution in [0.15, 0.2) is 24.3 Å². The second kappa shape index (κ2) is 5.00. The lowest BCUT2D eigenvalue weighted by molar-refractivity contribution is -0.0325. The summed E-state index contributed by atoms with van der Waals surface area (Å²) in [6.07, 6.45) is 0. The van der Waals surface area contributed by atoms with Gasteiger partial charge in [0.25, 0.3) is 0 Å². The van der Waals surface area contributed by atoms with Gasteiger partial charge in [0.2, 0.25) is 0 Å². The summed E-state index contributed by atoms with van der Waals surface area (Å²) < 4.78 is 10.3. The number of hydrogen-bond donors (Lipinski definition) is 2. The highest BCUT2D eigenvalue weighted by molar-refractivity contribution is 5.32. The molecule has 1 unspecified atom stereocenters. The number of methoxy groups -OCH3 is 1. The van der Waals surface area contributed by atoms with E-state index in [-0.39, 0.29) is 13.2 Å². The number of rotatable bonds is 5. The predicted molar refractivity (Wildman–Crippen MR) is 56.2 cm³/mol. The molecule has 0 saturated carbocycles. The Morgan fingerprint density at radius 3 is 2.60 bits per heavy atom. The van der Waals surface area contributed by atoms with E-state index in [9.17, 15) is 5.11 Å². The largest absolute Gasteiger partial charge is 0.497 e. The first-order valence-electron chi connectivity index (χ1n) is 4.67. The van der Waals surface area contributed by atoms with Crippen LogP contribution in [0.3, 0.4) is 0 Å². The molecule has 1 atom stereocenters. The van der Waals surface area contributed by atoms with Crippen molar-refractivity contribution >= 4 is 0 Å². The highest BCUT2D eigenvalue weighted by Crippen LogP contribution is 2.19. The van der Waals surface area contributed by atoms with Crippen LogP contribution >= 0.6 is 0 Å². The van der Waals surface area contributed by atoms with Crippen molar-refractivity contribution in [2.45, 2.75) is 12.5 Å². The third-order valence-corrected chi connectivity index (χ3v) is 1.93. The molecule has 2 N–H and O–H groups in total. The Bertz CT molecular complexity index is 309.